The van der Waals surface area contributed by atoms with E-state index in [4.69, 9.17) is 16.3 Å². The van der Waals surface area contributed by atoms with Crippen molar-refractivity contribution >= 4 is 17.3 Å². The third-order valence-electron chi connectivity index (χ3n) is 3.53. The Morgan fingerprint density at radius 2 is 1.95 bits per heavy atom. The number of nitrogens with one attached hydrogen (secondary N) is 1. The standard InChI is InChI=1S/C16H15ClFNO/c1-16(2)15(11-5-3-4-6-14(11)20-16)19-10-7-8-12(17)13(18)9-10/h3-9,15,19H,1-2H3. The van der Waals surface area contributed by atoms with Gasteiger partial charge in [0.05, 0.1) is 11.1 Å². The van der Waals surface area contributed by atoms with Crippen molar-refractivity contribution in [3.63, 3.8) is 0 Å². The summed E-state index contributed by atoms with van der Waals surface area (Å²) in [6.07, 6.45) is 0. The quantitative estimate of drug-likeness (QED) is 0.858. The van der Waals surface area contributed by atoms with Crippen LogP contribution < -0.4 is 10.1 Å². The number of hydrogen-bond acceptors (Lipinski definition) is 2. The van der Waals surface area contributed by atoms with E-state index >= 15 is 0 Å². The molecule has 0 aromatic heterocycles. The van der Waals surface area contributed by atoms with Gasteiger partial charge in [0.2, 0.25) is 0 Å². The molecule has 104 valence electrons. The summed E-state index contributed by atoms with van der Waals surface area (Å²) in [5, 5.41) is 3.45. The van der Waals surface area contributed by atoms with E-state index in [1.807, 2.05) is 38.1 Å². The van der Waals surface area contributed by atoms with Crippen LogP contribution >= 0.6 is 11.6 Å². The Labute approximate surface area is 122 Å². The van der Waals surface area contributed by atoms with Gasteiger partial charge in [-0.15, -0.1) is 0 Å². The highest BCUT2D eigenvalue weighted by Gasteiger charge is 2.40. The van der Waals surface area contributed by atoms with Crippen LogP contribution in [0.2, 0.25) is 5.02 Å². The number of benzene rings is 2. The molecule has 1 aliphatic rings. The summed E-state index contributed by atoms with van der Waals surface area (Å²) in [6.45, 7) is 4.02. The molecule has 0 spiro atoms. The fraction of sp³-hybridized carbons (Fsp3) is 0.250. The smallest absolute Gasteiger partial charge is 0.143 e. The van der Waals surface area contributed by atoms with Gasteiger partial charge >= 0.3 is 0 Å². The van der Waals surface area contributed by atoms with E-state index in [9.17, 15) is 4.39 Å². The van der Waals surface area contributed by atoms with Crippen molar-refractivity contribution in [3.05, 3.63) is 58.9 Å². The van der Waals surface area contributed by atoms with E-state index < -0.39 is 11.4 Å². The number of hydrogen-bond donors (Lipinski definition) is 1. The van der Waals surface area contributed by atoms with Gasteiger partial charge in [-0.05, 0) is 38.1 Å². The molecule has 1 heterocycles. The van der Waals surface area contributed by atoms with Crippen LogP contribution in [0.5, 0.6) is 5.75 Å². The molecule has 3 rings (SSSR count). The van der Waals surface area contributed by atoms with Crippen molar-refractivity contribution in [2.45, 2.75) is 25.5 Å². The summed E-state index contributed by atoms with van der Waals surface area (Å²) in [5.41, 5.74) is 1.36. The number of fused-ring (bicyclic) bond motifs is 1. The van der Waals surface area contributed by atoms with E-state index in [-0.39, 0.29) is 11.1 Å². The fourth-order valence-electron chi connectivity index (χ4n) is 2.53. The van der Waals surface area contributed by atoms with Crippen LogP contribution in [0, 0.1) is 5.82 Å². The fourth-order valence-corrected chi connectivity index (χ4v) is 2.65. The number of ether oxygens (including phenoxy) is 1. The van der Waals surface area contributed by atoms with E-state index in [0.717, 1.165) is 11.3 Å². The Balaban J connectivity index is 1.94. The SMILES string of the molecule is CC1(C)Oc2ccccc2C1Nc1ccc(Cl)c(F)c1. The topological polar surface area (TPSA) is 21.3 Å². The molecule has 2 nitrogen and oxygen atoms in total. The largest absolute Gasteiger partial charge is 0.485 e. The van der Waals surface area contributed by atoms with Gasteiger partial charge in [-0.25, -0.2) is 4.39 Å². The summed E-state index contributed by atoms with van der Waals surface area (Å²) in [7, 11) is 0. The summed E-state index contributed by atoms with van der Waals surface area (Å²) < 4.78 is 19.5. The zero-order valence-electron chi connectivity index (χ0n) is 11.3. The Morgan fingerprint density at radius 1 is 1.20 bits per heavy atom. The first-order valence-corrected chi connectivity index (χ1v) is 6.85. The van der Waals surface area contributed by atoms with Crippen LogP contribution in [0.4, 0.5) is 10.1 Å². The van der Waals surface area contributed by atoms with Crippen LogP contribution in [0.25, 0.3) is 0 Å². The second-order valence-corrected chi connectivity index (χ2v) is 5.86. The van der Waals surface area contributed by atoms with E-state index in [0.29, 0.717) is 5.69 Å². The normalized spacial score (nSPS) is 19.3. The van der Waals surface area contributed by atoms with E-state index in [1.165, 1.54) is 6.07 Å². The van der Waals surface area contributed by atoms with Crippen LogP contribution in [0.15, 0.2) is 42.5 Å². The maximum absolute atomic E-state index is 13.5. The molecule has 0 bridgehead atoms. The van der Waals surface area contributed by atoms with Gasteiger partial charge in [-0.2, -0.15) is 0 Å². The Morgan fingerprint density at radius 3 is 2.70 bits per heavy atom. The first-order chi connectivity index (χ1) is 9.47. The molecule has 20 heavy (non-hydrogen) atoms. The lowest BCUT2D eigenvalue weighted by Crippen LogP contribution is -2.34. The highest BCUT2D eigenvalue weighted by molar-refractivity contribution is 6.30. The molecule has 0 saturated carbocycles. The summed E-state index contributed by atoms with van der Waals surface area (Å²) >= 11 is 5.71. The predicted octanol–water partition coefficient (Wildman–Crippen LogP) is 4.80. The summed E-state index contributed by atoms with van der Waals surface area (Å²) in [5.74, 6) is 0.436. The number of halogens is 2. The molecule has 2 aromatic carbocycles. The van der Waals surface area contributed by atoms with Crippen molar-refractivity contribution in [1.82, 2.24) is 0 Å². The van der Waals surface area contributed by atoms with Gasteiger partial charge in [0.15, 0.2) is 0 Å². The lowest BCUT2D eigenvalue weighted by molar-refractivity contribution is 0.118. The van der Waals surface area contributed by atoms with Crippen LogP contribution in [-0.4, -0.2) is 5.60 Å². The van der Waals surface area contributed by atoms with E-state index in [2.05, 4.69) is 5.32 Å². The molecule has 0 fully saturated rings. The minimum Gasteiger partial charge on any atom is -0.485 e. The summed E-state index contributed by atoms with van der Waals surface area (Å²) in [6, 6.07) is 12.6. The Bertz CT molecular complexity index is 657. The van der Waals surface area contributed by atoms with Gasteiger partial charge in [-0.1, -0.05) is 29.8 Å². The molecular formula is C16H15ClFNO. The van der Waals surface area contributed by atoms with Crippen LogP contribution in [0.3, 0.4) is 0 Å². The molecule has 2 aromatic rings. The minimum absolute atomic E-state index is 0.0423. The molecular weight excluding hydrogens is 277 g/mol. The first-order valence-electron chi connectivity index (χ1n) is 6.47. The molecule has 1 unspecified atom stereocenters. The van der Waals surface area contributed by atoms with Gasteiger partial charge in [0, 0.05) is 11.3 Å². The zero-order chi connectivity index (χ0) is 14.3. The lowest BCUT2D eigenvalue weighted by atomic mass is 9.94. The number of para-hydroxylation sites is 1. The monoisotopic (exact) mass is 291 g/mol. The molecule has 0 aliphatic carbocycles. The number of rotatable bonds is 2. The van der Waals surface area contributed by atoms with Crippen LogP contribution in [-0.2, 0) is 0 Å². The molecule has 4 heteroatoms. The molecule has 1 N–H and O–H groups in total. The van der Waals surface area contributed by atoms with Crippen molar-refractivity contribution < 1.29 is 9.13 Å². The van der Waals surface area contributed by atoms with Crippen molar-refractivity contribution in [3.8, 4) is 5.75 Å². The minimum atomic E-state index is -0.429. The third kappa shape index (κ3) is 2.22. The van der Waals surface area contributed by atoms with Crippen LogP contribution in [0.1, 0.15) is 25.5 Å². The second-order valence-electron chi connectivity index (χ2n) is 5.45. The maximum atomic E-state index is 13.5. The summed E-state index contributed by atoms with van der Waals surface area (Å²) in [4.78, 5) is 0. The zero-order valence-corrected chi connectivity index (χ0v) is 12.0. The molecule has 1 aliphatic heterocycles. The Hall–Kier alpha value is -1.74. The van der Waals surface area contributed by atoms with Crippen molar-refractivity contribution in [1.29, 1.82) is 0 Å². The highest BCUT2D eigenvalue weighted by atomic mass is 35.5. The lowest BCUT2D eigenvalue weighted by Gasteiger charge is -2.28. The second kappa shape index (κ2) is 4.67. The number of anilines is 1. The van der Waals surface area contributed by atoms with Crippen molar-refractivity contribution in [2.24, 2.45) is 0 Å². The van der Waals surface area contributed by atoms with E-state index in [1.54, 1.807) is 12.1 Å². The maximum Gasteiger partial charge on any atom is 0.143 e. The van der Waals surface area contributed by atoms with Gasteiger partial charge in [0.25, 0.3) is 0 Å². The predicted molar refractivity (Wildman–Crippen MR) is 78.9 cm³/mol. The molecule has 0 radical (unpaired) electrons. The Kier molecular flexibility index (Phi) is 3.09. The van der Waals surface area contributed by atoms with Gasteiger partial charge in [0.1, 0.15) is 17.2 Å². The molecule has 0 amide bonds. The molecule has 0 saturated heterocycles. The van der Waals surface area contributed by atoms with Gasteiger partial charge < -0.3 is 10.1 Å². The third-order valence-corrected chi connectivity index (χ3v) is 3.84. The molecule has 1 atom stereocenters. The average Bonchev–Trinajstić information content (AvgIpc) is 2.65. The highest BCUT2D eigenvalue weighted by Crippen LogP contribution is 2.44. The van der Waals surface area contributed by atoms with Gasteiger partial charge in [-0.3, -0.25) is 0 Å². The van der Waals surface area contributed by atoms with Crippen molar-refractivity contribution in [2.75, 3.05) is 5.32 Å². The first kappa shape index (κ1) is 13.3. The average molecular weight is 292 g/mol.